The van der Waals surface area contributed by atoms with Gasteiger partial charge in [0.1, 0.15) is 11.4 Å². The first-order valence-electron chi connectivity index (χ1n) is 10.0. The van der Waals surface area contributed by atoms with Crippen molar-refractivity contribution in [2.45, 2.75) is 72.8 Å². The Morgan fingerprint density at radius 3 is 2.34 bits per heavy atom. The molecule has 0 saturated carbocycles. The number of aromatic nitrogens is 2. The monoisotopic (exact) mass is 430 g/mol. The number of hydrogen-bond acceptors (Lipinski definition) is 7. The molecule has 0 aliphatic rings. The molecule has 0 fully saturated rings. The van der Waals surface area contributed by atoms with Gasteiger partial charge in [-0.3, -0.25) is 0 Å². The minimum atomic E-state index is -0.608. The Kier molecular flexibility index (Phi) is 10.6. The first-order valence-corrected chi connectivity index (χ1v) is 10.4. The number of rotatable bonds is 11. The molecule has 8 nitrogen and oxygen atoms in total. The molecule has 0 aromatic carbocycles. The average molecular weight is 431 g/mol. The summed E-state index contributed by atoms with van der Waals surface area (Å²) in [7, 11) is 0. The Hall–Kier alpha value is -1.64. The van der Waals surface area contributed by atoms with Crippen LogP contribution >= 0.6 is 11.6 Å². The molecule has 0 spiro atoms. The highest BCUT2D eigenvalue weighted by atomic mass is 35.5. The minimum Gasteiger partial charge on any atom is -0.444 e. The van der Waals surface area contributed by atoms with E-state index in [2.05, 4.69) is 34.4 Å². The maximum absolute atomic E-state index is 12.1. The molecule has 1 aromatic heterocycles. The van der Waals surface area contributed by atoms with Crippen molar-refractivity contribution in [1.82, 2.24) is 15.3 Å². The third-order valence-corrected chi connectivity index (χ3v) is 3.85. The van der Waals surface area contributed by atoms with Gasteiger partial charge in [-0.15, -0.1) is 0 Å². The molecule has 1 heterocycles. The van der Waals surface area contributed by atoms with Crippen LogP contribution in [0.4, 0.5) is 10.6 Å². The van der Waals surface area contributed by atoms with E-state index in [1.165, 1.54) is 0 Å². The van der Waals surface area contributed by atoms with Crippen molar-refractivity contribution in [2.24, 2.45) is 5.92 Å². The molecule has 29 heavy (non-hydrogen) atoms. The zero-order valence-electron chi connectivity index (χ0n) is 18.5. The second-order valence-electron chi connectivity index (χ2n) is 8.04. The van der Waals surface area contributed by atoms with Crippen molar-refractivity contribution in [3.8, 4) is 0 Å². The maximum Gasteiger partial charge on any atom is 0.407 e. The Bertz CT molecular complexity index is 631. The summed E-state index contributed by atoms with van der Waals surface area (Å²) >= 11 is 6.03. The summed E-state index contributed by atoms with van der Waals surface area (Å²) in [5.74, 6) is 0.914. The number of halogens is 1. The molecule has 1 amide bonds. The van der Waals surface area contributed by atoms with E-state index in [-0.39, 0.29) is 11.3 Å². The smallest absolute Gasteiger partial charge is 0.407 e. The second-order valence-corrected chi connectivity index (χ2v) is 8.38. The van der Waals surface area contributed by atoms with E-state index >= 15 is 0 Å². The molecular formula is C20H35ClN4O4. The number of amides is 1. The molecule has 1 unspecified atom stereocenters. The Morgan fingerprint density at radius 2 is 1.83 bits per heavy atom. The number of nitrogens with zero attached hydrogens (tertiary/aromatic N) is 2. The zero-order chi connectivity index (χ0) is 22.0. The normalized spacial score (nSPS) is 12.9. The summed E-state index contributed by atoms with van der Waals surface area (Å²) in [4.78, 5) is 20.5. The first-order chi connectivity index (χ1) is 13.6. The largest absolute Gasteiger partial charge is 0.444 e. The van der Waals surface area contributed by atoms with Crippen LogP contribution in [0.2, 0.25) is 5.28 Å². The van der Waals surface area contributed by atoms with Crippen LogP contribution in [0.3, 0.4) is 0 Å². The van der Waals surface area contributed by atoms with Crippen molar-refractivity contribution in [3.05, 3.63) is 17.0 Å². The van der Waals surface area contributed by atoms with Gasteiger partial charge in [-0.05, 0) is 58.6 Å². The zero-order valence-corrected chi connectivity index (χ0v) is 19.3. The first kappa shape index (κ1) is 25.4. The number of alkyl carbamates (subject to hydrolysis) is 1. The predicted octanol–water partition coefficient (Wildman–Crippen LogP) is 4.55. The molecule has 1 aromatic rings. The number of ether oxygens (including phenoxy) is 3. The van der Waals surface area contributed by atoms with Crippen LogP contribution in [-0.4, -0.2) is 47.5 Å². The molecule has 1 rings (SSSR count). The highest BCUT2D eigenvalue weighted by Gasteiger charge is 2.22. The molecule has 0 aliphatic carbocycles. The van der Waals surface area contributed by atoms with Crippen LogP contribution < -0.4 is 10.6 Å². The van der Waals surface area contributed by atoms with Crippen LogP contribution in [0.25, 0.3) is 0 Å². The molecule has 0 saturated heterocycles. The molecule has 0 radical (unpaired) electrons. The van der Waals surface area contributed by atoms with Gasteiger partial charge in [0.15, 0.2) is 6.29 Å². The molecule has 0 aliphatic heterocycles. The average Bonchev–Trinajstić information content (AvgIpc) is 2.58. The van der Waals surface area contributed by atoms with Crippen LogP contribution in [0, 0.1) is 5.92 Å². The predicted molar refractivity (Wildman–Crippen MR) is 114 cm³/mol. The topological polar surface area (TPSA) is 94.6 Å². The molecule has 2 N–H and O–H groups in total. The van der Waals surface area contributed by atoms with Gasteiger partial charge in [0.25, 0.3) is 0 Å². The molecule has 0 bridgehead atoms. The van der Waals surface area contributed by atoms with E-state index in [1.807, 2.05) is 34.6 Å². The van der Waals surface area contributed by atoms with E-state index in [9.17, 15) is 4.79 Å². The Morgan fingerprint density at radius 1 is 1.21 bits per heavy atom. The van der Waals surface area contributed by atoms with Crippen LogP contribution in [0.15, 0.2) is 6.20 Å². The van der Waals surface area contributed by atoms with Crippen LogP contribution in [0.5, 0.6) is 0 Å². The van der Waals surface area contributed by atoms with Crippen molar-refractivity contribution in [1.29, 1.82) is 0 Å². The van der Waals surface area contributed by atoms with Gasteiger partial charge >= 0.3 is 6.09 Å². The van der Waals surface area contributed by atoms with Crippen LogP contribution in [0.1, 0.15) is 66.7 Å². The van der Waals surface area contributed by atoms with Crippen molar-refractivity contribution < 1.29 is 19.0 Å². The summed E-state index contributed by atoms with van der Waals surface area (Å²) < 4.78 is 16.7. The fourth-order valence-electron chi connectivity index (χ4n) is 2.66. The number of nitrogens with one attached hydrogen (secondary N) is 2. The molecule has 166 valence electrons. The van der Waals surface area contributed by atoms with Crippen molar-refractivity contribution in [2.75, 3.05) is 25.1 Å². The van der Waals surface area contributed by atoms with E-state index in [0.29, 0.717) is 37.1 Å². The maximum atomic E-state index is 12.1. The molecule has 1 atom stereocenters. The fraction of sp³-hybridized carbons (Fsp3) is 0.750. The highest BCUT2D eigenvalue weighted by Crippen LogP contribution is 2.27. The number of carbonyl (C=O) groups is 1. The van der Waals surface area contributed by atoms with Gasteiger partial charge in [0, 0.05) is 32.0 Å². The van der Waals surface area contributed by atoms with Gasteiger partial charge in [0.05, 0.1) is 5.56 Å². The number of hydrogen-bond donors (Lipinski definition) is 2. The minimum absolute atomic E-state index is 0.101. The van der Waals surface area contributed by atoms with Gasteiger partial charge in [-0.1, -0.05) is 13.8 Å². The number of carbonyl (C=O) groups excluding carboxylic acids is 1. The SMILES string of the molecule is CCOC(OCC)c1cnc(Cl)nc1NC(CNC(=O)OC(C)(C)C)CC(C)C. The van der Waals surface area contributed by atoms with Gasteiger partial charge in [-0.2, -0.15) is 0 Å². The Balaban J connectivity index is 2.99. The quantitative estimate of drug-likeness (QED) is 0.392. The van der Waals surface area contributed by atoms with Gasteiger partial charge < -0.3 is 24.8 Å². The lowest BCUT2D eigenvalue weighted by Crippen LogP contribution is -2.40. The number of anilines is 1. The second kappa shape index (κ2) is 12.1. The lowest BCUT2D eigenvalue weighted by Gasteiger charge is -2.26. The lowest BCUT2D eigenvalue weighted by molar-refractivity contribution is -0.140. The van der Waals surface area contributed by atoms with E-state index < -0.39 is 18.0 Å². The highest BCUT2D eigenvalue weighted by molar-refractivity contribution is 6.28. The van der Waals surface area contributed by atoms with E-state index in [4.69, 9.17) is 25.8 Å². The van der Waals surface area contributed by atoms with Gasteiger partial charge in [0.2, 0.25) is 5.28 Å². The van der Waals surface area contributed by atoms with Crippen molar-refractivity contribution >= 4 is 23.5 Å². The van der Waals surface area contributed by atoms with Crippen LogP contribution in [-0.2, 0) is 14.2 Å². The summed E-state index contributed by atoms with van der Waals surface area (Å²) in [5.41, 5.74) is 0.102. The Labute approximate surface area is 179 Å². The van der Waals surface area contributed by atoms with Crippen molar-refractivity contribution in [3.63, 3.8) is 0 Å². The van der Waals surface area contributed by atoms with Gasteiger partial charge in [-0.25, -0.2) is 14.8 Å². The fourth-order valence-corrected chi connectivity index (χ4v) is 2.80. The summed E-state index contributed by atoms with van der Waals surface area (Å²) in [6.45, 7) is 14.8. The van der Waals surface area contributed by atoms with E-state index in [0.717, 1.165) is 6.42 Å². The summed E-state index contributed by atoms with van der Waals surface area (Å²) in [5, 5.41) is 6.30. The molecular weight excluding hydrogens is 396 g/mol. The molecule has 9 heteroatoms. The third-order valence-electron chi connectivity index (χ3n) is 3.67. The lowest BCUT2D eigenvalue weighted by atomic mass is 10.0. The summed E-state index contributed by atoms with van der Waals surface area (Å²) in [6.07, 6.45) is 1.32. The third kappa shape index (κ3) is 10.1. The van der Waals surface area contributed by atoms with E-state index in [1.54, 1.807) is 6.20 Å². The summed E-state index contributed by atoms with van der Waals surface area (Å²) in [6, 6.07) is -0.101. The standard InChI is InChI=1S/C20H35ClN4O4/c1-8-27-17(28-9-2)15-12-22-18(21)25-16(15)24-14(10-13(3)4)11-23-19(26)29-20(5,6)7/h12-14,17H,8-11H2,1-7H3,(H,23,26)(H,22,24,25).